The maximum absolute atomic E-state index is 14.4. The molecule has 0 N–H and O–H groups in total. The molecule has 2 aliphatic heterocycles. The summed E-state index contributed by atoms with van der Waals surface area (Å²) in [6.07, 6.45) is 0. The van der Waals surface area contributed by atoms with Crippen LogP contribution in [0.15, 0.2) is 285 Å². The summed E-state index contributed by atoms with van der Waals surface area (Å²) in [5.41, 5.74) is 19.2. The second kappa shape index (κ2) is 24.2. The van der Waals surface area contributed by atoms with Gasteiger partial charge in [-0.3, -0.25) is 0 Å². The van der Waals surface area contributed by atoms with Crippen LogP contribution in [0.3, 0.4) is 0 Å². The van der Waals surface area contributed by atoms with E-state index in [4.69, 9.17) is 24.4 Å². The quantitative estimate of drug-likeness (QED) is 0.0813. The Kier molecular flexibility index (Phi) is 14.8. The Hall–Kier alpha value is -12.5. The summed E-state index contributed by atoms with van der Waals surface area (Å²) in [6, 6.07) is 97.9. The third-order valence-electron chi connectivity index (χ3n) is 18.3. The second-order valence-corrected chi connectivity index (χ2v) is 25.3. The van der Waals surface area contributed by atoms with Crippen LogP contribution in [0.5, 0.6) is 0 Å². The lowest BCUT2D eigenvalue weighted by Crippen LogP contribution is -2.61. The molecule has 12 heteroatoms. The third-order valence-corrected chi connectivity index (χ3v) is 18.3. The smallest absolute Gasteiger partial charge is 0.338 e. The van der Waals surface area contributed by atoms with Gasteiger partial charge in [0.1, 0.15) is 13.2 Å². The highest BCUT2D eigenvalue weighted by Crippen LogP contribution is 2.48. The summed E-state index contributed by atoms with van der Waals surface area (Å²) >= 11 is 0. The van der Waals surface area contributed by atoms with E-state index >= 15 is 0 Å². The van der Waals surface area contributed by atoms with Crippen molar-refractivity contribution in [2.24, 2.45) is 0 Å². The highest BCUT2D eigenvalue weighted by molar-refractivity contribution is 7.00. The van der Waals surface area contributed by atoms with E-state index in [0.29, 0.717) is 39.7 Å². The summed E-state index contributed by atoms with van der Waals surface area (Å²) in [4.78, 5) is 48.9. The zero-order valence-electron chi connectivity index (χ0n) is 52.9. The first-order valence-corrected chi connectivity index (χ1v) is 32.1. The first-order valence-electron chi connectivity index (χ1n) is 32.1. The van der Waals surface area contributed by atoms with Crippen LogP contribution in [-0.2, 0) is 28.1 Å². The molecule has 0 saturated heterocycles. The summed E-state index contributed by atoms with van der Waals surface area (Å²) in [7, 11) is 0. The zero-order chi connectivity index (χ0) is 65.0. The molecule has 0 fully saturated rings. The molecule has 0 unspecified atom stereocenters. The molecule has 11 nitrogen and oxygen atoms in total. The number of aromatic nitrogens is 4. The zero-order valence-corrected chi connectivity index (χ0v) is 52.9. The molecule has 14 aromatic rings. The maximum atomic E-state index is 14.4. The fourth-order valence-electron chi connectivity index (χ4n) is 13.6. The lowest BCUT2D eigenvalue weighted by molar-refractivity contribution is 0.0464. The first-order chi connectivity index (χ1) is 47.0. The van der Waals surface area contributed by atoms with Crippen molar-refractivity contribution in [1.82, 2.24) is 19.5 Å². The van der Waals surface area contributed by atoms with E-state index in [1.54, 1.807) is 0 Å². The van der Waals surface area contributed by atoms with Crippen LogP contribution in [-0.4, -0.2) is 38.2 Å². The molecule has 96 heavy (non-hydrogen) atoms. The molecule has 0 bridgehead atoms. The van der Waals surface area contributed by atoms with E-state index in [0.717, 1.165) is 111 Å². The van der Waals surface area contributed by atoms with Crippen molar-refractivity contribution in [2.75, 3.05) is 9.80 Å². The Balaban J connectivity index is 0.919. The van der Waals surface area contributed by atoms with Crippen molar-refractivity contribution in [3.63, 3.8) is 0 Å². The molecule has 0 atom stereocenters. The average Bonchev–Trinajstić information content (AvgIpc) is 0.739. The number of hydrogen-bond acceptors (Lipinski definition) is 10. The van der Waals surface area contributed by atoms with Gasteiger partial charge in [0.25, 0.3) is 6.71 Å². The largest absolute Gasteiger partial charge is 0.457 e. The highest BCUT2D eigenvalue weighted by Gasteiger charge is 2.44. The van der Waals surface area contributed by atoms with Crippen LogP contribution in [0.4, 0.5) is 34.1 Å². The predicted molar refractivity (Wildman–Crippen MR) is 384 cm³/mol. The van der Waals surface area contributed by atoms with Crippen LogP contribution in [0.25, 0.3) is 72.8 Å². The molecule has 0 spiro atoms. The van der Waals surface area contributed by atoms with Crippen LogP contribution >= 0.6 is 0 Å². The minimum Gasteiger partial charge on any atom is -0.457 e. The number of rotatable bonds is 13. The summed E-state index contributed by atoms with van der Waals surface area (Å²) < 4.78 is 14.4. The Morgan fingerprint density at radius 2 is 0.875 bits per heavy atom. The number of anilines is 6. The average molecular weight is 1240 g/mol. The SMILES string of the molecule is CC(C)(C)c1ccc2c(c1)c1cc(-c3cc4c5c(c3)N(c3ccccc3)c3ccc(C(=O)OCc6ccccc6)cc3B5c3cc(C(=O)OCc5ccccc5)ccc3N4c3ccccc3)ccc1n2-c1ccc(C#N)cc1-c1nc(-c2ccccc2)nc(-c2ccccc2)n1. The van der Waals surface area contributed by atoms with E-state index in [1.165, 1.54) is 5.56 Å². The number of hydrogen-bond donors (Lipinski definition) is 0. The lowest BCUT2D eigenvalue weighted by Gasteiger charge is -2.44. The molecule has 0 saturated carbocycles. The van der Waals surface area contributed by atoms with Gasteiger partial charge in [-0.1, -0.05) is 203 Å². The van der Waals surface area contributed by atoms with Crippen molar-refractivity contribution in [1.29, 1.82) is 5.26 Å². The van der Waals surface area contributed by atoms with Gasteiger partial charge in [-0.25, -0.2) is 24.5 Å². The fourth-order valence-corrected chi connectivity index (χ4v) is 13.6. The van der Waals surface area contributed by atoms with Crippen molar-refractivity contribution < 1.29 is 19.1 Å². The normalized spacial score (nSPS) is 12.2. The third kappa shape index (κ3) is 10.7. The number of benzene rings is 12. The van der Waals surface area contributed by atoms with Gasteiger partial charge in [0.15, 0.2) is 17.5 Å². The van der Waals surface area contributed by atoms with Crippen LogP contribution in [0.2, 0.25) is 0 Å². The number of nitrogens with zero attached hydrogens (tertiary/aromatic N) is 7. The van der Waals surface area contributed by atoms with Crippen molar-refractivity contribution in [3.05, 3.63) is 318 Å². The van der Waals surface area contributed by atoms with E-state index in [2.05, 4.69) is 114 Å². The van der Waals surface area contributed by atoms with Gasteiger partial charge in [-0.2, -0.15) is 5.26 Å². The van der Waals surface area contributed by atoms with E-state index in [-0.39, 0.29) is 18.6 Å². The minimum absolute atomic E-state index is 0.114. The van der Waals surface area contributed by atoms with E-state index in [9.17, 15) is 14.9 Å². The van der Waals surface area contributed by atoms with Gasteiger partial charge in [-0.05, 0) is 153 Å². The maximum Gasteiger partial charge on any atom is 0.338 e. The molecular formula is C84H60BN7O4. The first kappa shape index (κ1) is 58.6. The molecule has 0 amide bonds. The Labute approximate surface area is 556 Å². The second-order valence-electron chi connectivity index (χ2n) is 25.3. The standard InChI is InChI=1S/C84H60BN7O4/c1-84(2,3)63-38-43-72-67(50-63)66-45-59(35-40-71(66)92(72)73-39-34-56(51-86)44-68(73)81-88-79(57-26-14-6-15-27-57)87-80(89-81)58-28-16-7-17-29-58)62-48-76-78-77(49-62)91(65-32-20-9-21-33-65)75-42-37-61(83(94)96-53-55-24-12-5-13-25-55)47-70(75)85(78)69-46-60(82(93)95-52-54-22-10-4-11-23-54)36-41-74(69)90(76)64-30-18-8-19-31-64/h4-50H,52-53H2,1-3H3. The number of ether oxygens (including phenoxy) is 2. The molecule has 2 aliphatic rings. The van der Waals surface area contributed by atoms with E-state index in [1.807, 2.05) is 212 Å². The monoisotopic (exact) mass is 1240 g/mol. The number of carbonyl (C=O) groups excluding carboxylic acids is 2. The van der Waals surface area contributed by atoms with Crippen LogP contribution in [0, 0.1) is 11.3 Å². The van der Waals surface area contributed by atoms with Crippen molar-refractivity contribution >= 4 is 91.0 Å². The van der Waals surface area contributed by atoms with Crippen molar-refractivity contribution in [3.8, 4) is 57.0 Å². The number of para-hydroxylation sites is 2. The topological polar surface area (TPSA) is 126 Å². The van der Waals surface area contributed by atoms with Gasteiger partial charge in [0, 0.05) is 61.6 Å². The summed E-state index contributed by atoms with van der Waals surface area (Å²) in [5.74, 6) is 0.567. The molecule has 16 rings (SSSR count). The Morgan fingerprint density at radius 3 is 1.36 bits per heavy atom. The van der Waals surface area contributed by atoms with Crippen LogP contribution < -0.4 is 26.2 Å². The lowest BCUT2D eigenvalue weighted by atomic mass is 9.33. The van der Waals surface area contributed by atoms with Crippen LogP contribution in [0.1, 0.15) is 63.7 Å². The van der Waals surface area contributed by atoms with Gasteiger partial charge >= 0.3 is 11.9 Å². The van der Waals surface area contributed by atoms with Gasteiger partial charge in [-0.15, -0.1) is 0 Å². The van der Waals surface area contributed by atoms with Gasteiger partial charge in [0.2, 0.25) is 0 Å². The molecule has 2 aromatic heterocycles. The molecular weight excluding hydrogens is 1180 g/mol. The molecule has 0 aliphatic carbocycles. The summed E-state index contributed by atoms with van der Waals surface area (Å²) in [5, 5.41) is 12.7. The minimum atomic E-state index is -0.493. The number of esters is 2. The number of fused-ring (bicyclic) bond motifs is 7. The van der Waals surface area contributed by atoms with Gasteiger partial charge < -0.3 is 23.8 Å². The highest BCUT2D eigenvalue weighted by atomic mass is 16.5. The van der Waals surface area contributed by atoms with E-state index < -0.39 is 18.7 Å². The Bertz CT molecular complexity index is 5180. The molecule has 0 radical (unpaired) electrons. The Morgan fingerprint density at radius 1 is 0.427 bits per heavy atom. The fraction of sp³-hybridized carbons (Fsp3) is 0.0714. The molecule has 458 valence electrons. The molecule has 4 heterocycles. The van der Waals surface area contributed by atoms with Crippen molar-refractivity contribution in [2.45, 2.75) is 39.4 Å². The summed E-state index contributed by atoms with van der Waals surface area (Å²) in [6.45, 7) is 6.45. The number of nitriles is 1. The van der Waals surface area contributed by atoms with Gasteiger partial charge in [0.05, 0.1) is 39.5 Å². The number of carbonyl (C=O) groups is 2. The molecule has 12 aromatic carbocycles. The predicted octanol–water partition coefficient (Wildman–Crippen LogP) is 17.6.